The Hall–Kier alpha value is -1.95. The first-order chi connectivity index (χ1) is 8.04. The number of hydrogen-bond donors (Lipinski definition) is 1. The van der Waals surface area contributed by atoms with Crippen molar-refractivity contribution in [2.45, 2.75) is 13.5 Å². The van der Waals surface area contributed by atoms with Gasteiger partial charge < -0.3 is 0 Å². The molecule has 1 heterocycles. The smallest absolute Gasteiger partial charge is 0.274 e. The highest BCUT2D eigenvalue weighted by atomic mass is 19.1. The zero-order chi connectivity index (χ0) is 12.4. The summed E-state index contributed by atoms with van der Waals surface area (Å²) in [5, 5.41) is 2.99. The number of imide groups is 1. The molecule has 0 aliphatic carbocycles. The molecule has 1 saturated heterocycles. The molecule has 1 aliphatic rings. The van der Waals surface area contributed by atoms with Crippen LogP contribution in [0.3, 0.4) is 0 Å². The molecule has 0 spiro atoms. The minimum atomic E-state index is -0.594. The van der Waals surface area contributed by atoms with Gasteiger partial charge in [0.05, 0.1) is 0 Å². The van der Waals surface area contributed by atoms with Crippen molar-refractivity contribution in [3.05, 3.63) is 35.1 Å². The summed E-state index contributed by atoms with van der Waals surface area (Å²) in [6.45, 7) is 1.67. The second-order valence-corrected chi connectivity index (χ2v) is 3.80. The van der Waals surface area contributed by atoms with Crippen LogP contribution in [0, 0.1) is 12.7 Å². The first kappa shape index (κ1) is 11.5. The lowest BCUT2D eigenvalue weighted by Crippen LogP contribution is -2.28. The van der Waals surface area contributed by atoms with E-state index in [0.717, 1.165) is 10.6 Å². The summed E-state index contributed by atoms with van der Waals surface area (Å²) in [4.78, 5) is 27.1. The van der Waals surface area contributed by atoms with Gasteiger partial charge in [0, 0.05) is 0 Å². The first-order valence-electron chi connectivity index (χ1n) is 5.05. The minimum Gasteiger partial charge on any atom is -0.274 e. The Morgan fingerprint density at radius 2 is 2.18 bits per heavy atom. The van der Waals surface area contributed by atoms with Crippen LogP contribution in [0.5, 0.6) is 0 Å². The van der Waals surface area contributed by atoms with Gasteiger partial charge in [-0.3, -0.25) is 14.9 Å². The van der Waals surface area contributed by atoms with E-state index in [4.69, 9.17) is 4.84 Å². The van der Waals surface area contributed by atoms with Gasteiger partial charge >= 0.3 is 6.03 Å². The van der Waals surface area contributed by atoms with Crippen LogP contribution in [0.4, 0.5) is 9.18 Å². The van der Waals surface area contributed by atoms with E-state index in [9.17, 15) is 14.0 Å². The summed E-state index contributed by atoms with van der Waals surface area (Å²) in [5.74, 6) is -0.768. The molecular weight excluding hydrogens is 227 g/mol. The maximum Gasteiger partial charge on any atom is 0.348 e. The van der Waals surface area contributed by atoms with Crippen molar-refractivity contribution in [1.29, 1.82) is 0 Å². The number of carbonyl (C=O) groups is 2. The van der Waals surface area contributed by atoms with E-state index in [1.165, 1.54) is 12.1 Å². The Labute approximate surface area is 97.1 Å². The van der Waals surface area contributed by atoms with Crippen molar-refractivity contribution in [2.75, 3.05) is 6.54 Å². The van der Waals surface area contributed by atoms with Crippen molar-refractivity contribution in [1.82, 2.24) is 10.4 Å². The summed E-state index contributed by atoms with van der Waals surface area (Å²) >= 11 is 0. The third kappa shape index (κ3) is 2.79. The monoisotopic (exact) mass is 238 g/mol. The molecule has 1 aliphatic heterocycles. The van der Waals surface area contributed by atoms with Gasteiger partial charge in [-0.05, 0) is 30.2 Å². The van der Waals surface area contributed by atoms with E-state index < -0.39 is 11.9 Å². The zero-order valence-corrected chi connectivity index (χ0v) is 9.20. The number of nitrogens with zero attached hydrogens (tertiary/aromatic N) is 1. The van der Waals surface area contributed by atoms with Gasteiger partial charge in [0.1, 0.15) is 19.0 Å². The van der Waals surface area contributed by atoms with Gasteiger partial charge in [0.15, 0.2) is 0 Å². The summed E-state index contributed by atoms with van der Waals surface area (Å²) < 4.78 is 13.1. The molecule has 17 heavy (non-hydrogen) atoms. The summed E-state index contributed by atoms with van der Waals surface area (Å²) in [6, 6.07) is 3.88. The minimum absolute atomic E-state index is 0.0410. The maximum absolute atomic E-state index is 13.1. The number of rotatable bonds is 3. The fraction of sp³-hybridized carbons (Fsp3) is 0.273. The molecule has 0 atom stereocenters. The molecule has 0 aromatic heterocycles. The Bertz CT molecular complexity index is 456. The second-order valence-electron chi connectivity index (χ2n) is 3.80. The molecular formula is C11H11FN2O3. The van der Waals surface area contributed by atoms with Crippen LogP contribution in [0.1, 0.15) is 11.1 Å². The quantitative estimate of drug-likeness (QED) is 0.803. The van der Waals surface area contributed by atoms with Crippen molar-refractivity contribution in [2.24, 2.45) is 0 Å². The fourth-order valence-electron chi connectivity index (χ4n) is 1.58. The number of carbonyl (C=O) groups excluding carboxylic acids is 2. The van der Waals surface area contributed by atoms with E-state index in [2.05, 4.69) is 5.32 Å². The van der Waals surface area contributed by atoms with Crippen molar-refractivity contribution >= 4 is 11.9 Å². The lowest BCUT2D eigenvalue weighted by atomic mass is 10.1. The molecule has 0 bridgehead atoms. The second kappa shape index (κ2) is 4.50. The van der Waals surface area contributed by atoms with Crippen molar-refractivity contribution in [3.63, 3.8) is 0 Å². The van der Waals surface area contributed by atoms with Gasteiger partial charge in [-0.2, -0.15) is 5.06 Å². The number of hydrogen-bond acceptors (Lipinski definition) is 3. The summed E-state index contributed by atoms with van der Waals surface area (Å²) in [5.41, 5.74) is 1.38. The highest BCUT2D eigenvalue weighted by Crippen LogP contribution is 2.11. The van der Waals surface area contributed by atoms with E-state index in [-0.39, 0.29) is 19.0 Å². The molecule has 6 heteroatoms. The lowest BCUT2D eigenvalue weighted by molar-refractivity contribution is -0.134. The molecule has 1 N–H and O–H groups in total. The normalized spacial score (nSPS) is 15.3. The maximum atomic E-state index is 13.1. The third-order valence-corrected chi connectivity index (χ3v) is 2.25. The predicted octanol–water partition coefficient (Wildman–Crippen LogP) is 1.12. The lowest BCUT2D eigenvalue weighted by Gasteiger charge is -2.13. The van der Waals surface area contributed by atoms with Crippen LogP contribution in [0.2, 0.25) is 0 Å². The molecule has 1 aromatic rings. The standard InChI is InChI=1S/C11H11FN2O3/c1-7-2-8(4-9(12)3-7)6-17-14-5-10(15)13-11(14)16/h2-4H,5-6H2,1H3,(H,13,15,16). The number of halogens is 1. The average molecular weight is 238 g/mol. The number of hydroxylamine groups is 2. The van der Waals surface area contributed by atoms with Gasteiger partial charge in [0.25, 0.3) is 0 Å². The van der Waals surface area contributed by atoms with Crippen LogP contribution in [-0.4, -0.2) is 23.5 Å². The van der Waals surface area contributed by atoms with Gasteiger partial charge in [-0.15, -0.1) is 0 Å². The zero-order valence-electron chi connectivity index (χ0n) is 9.20. The molecule has 0 saturated carbocycles. The molecule has 3 amide bonds. The SMILES string of the molecule is Cc1cc(F)cc(CON2CC(=O)NC2=O)c1. The first-order valence-corrected chi connectivity index (χ1v) is 5.05. The van der Waals surface area contributed by atoms with Crippen molar-refractivity contribution < 1.29 is 18.8 Å². The van der Waals surface area contributed by atoms with E-state index >= 15 is 0 Å². The van der Waals surface area contributed by atoms with Crippen LogP contribution < -0.4 is 5.32 Å². The summed E-state index contributed by atoms with van der Waals surface area (Å²) in [6.07, 6.45) is 0. The fourth-order valence-corrected chi connectivity index (χ4v) is 1.58. The molecule has 5 nitrogen and oxygen atoms in total. The Kier molecular flexibility index (Phi) is 3.06. The molecule has 90 valence electrons. The molecule has 1 fully saturated rings. The van der Waals surface area contributed by atoms with Gasteiger partial charge in [0.2, 0.25) is 5.91 Å². The van der Waals surface area contributed by atoms with Crippen LogP contribution in [0.25, 0.3) is 0 Å². The topological polar surface area (TPSA) is 58.6 Å². The van der Waals surface area contributed by atoms with Crippen LogP contribution in [0.15, 0.2) is 18.2 Å². The van der Waals surface area contributed by atoms with E-state index in [0.29, 0.717) is 5.56 Å². The van der Waals surface area contributed by atoms with Gasteiger partial charge in [-0.25, -0.2) is 9.18 Å². The molecule has 2 rings (SSSR count). The highest BCUT2D eigenvalue weighted by Gasteiger charge is 2.27. The average Bonchev–Trinajstić information content (AvgIpc) is 2.53. The number of amides is 3. The van der Waals surface area contributed by atoms with E-state index in [1.807, 2.05) is 0 Å². The Morgan fingerprint density at radius 1 is 1.41 bits per heavy atom. The predicted molar refractivity (Wildman–Crippen MR) is 56.2 cm³/mol. The van der Waals surface area contributed by atoms with E-state index in [1.54, 1.807) is 13.0 Å². The third-order valence-electron chi connectivity index (χ3n) is 2.25. The molecule has 0 radical (unpaired) electrons. The van der Waals surface area contributed by atoms with Crippen LogP contribution >= 0.6 is 0 Å². The largest absolute Gasteiger partial charge is 0.348 e. The number of nitrogens with one attached hydrogen (secondary N) is 1. The Morgan fingerprint density at radius 3 is 2.76 bits per heavy atom. The molecule has 1 aromatic carbocycles. The van der Waals surface area contributed by atoms with Crippen LogP contribution in [-0.2, 0) is 16.2 Å². The number of urea groups is 1. The Balaban J connectivity index is 1.98. The molecule has 0 unspecified atom stereocenters. The van der Waals surface area contributed by atoms with Gasteiger partial charge in [-0.1, -0.05) is 6.07 Å². The number of aryl methyl sites for hydroxylation is 1. The summed E-state index contributed by atoms with van der Waals surface area (Å²) in [7, 11) is 0. The highest BCUT2D eigenvalue weighted by molar-refractivity contribution is 6.01. The van der Waals surface area contributed by atoms with Crippen molar-refractivity contribution in [3.8, 4) is 0 Å². The number of benzene rings is 1.